The number of hydrogen-bond donors (Lipinski definition) is 1. The van der Waals surface area contributed by atoms with Crippen molar-refractivity contribution in [2.45, 2.75) is 63.6 Å². The molecule has 0 bridgehead atoms. The minimum absolute atomic E-state index is 0.0231. The number of nitrogens with one attached hydrogen (secondary N) is 1. The second-order valence-electron chi connectivity index (χ2n) is 9.05. The Morgan fingerprint density at radius 1 is 1.09 bits per heavy atom. The zero-order valence-corrected chi connectivity index (χ0v) is 19.2. The zero-order valence-electron chi connectivity index (χ0n) is 19.2. The monoisotopic (exact) mass is 469 g/mol. The van der Waals surface area contributed by atoms with Gasteiger partial charge in [0.2, 0.25) is 5.91 Å². The van der Waals surface area contributed by atoms with Gasteiger partial charge in [-0.05, 0) is 54.7 Å². The molecule has 2 aromatic rings. The number of halogens is 2. The first-order valence-corrected chi connectivity index (χ1v) is 11.8. The minimum atomic E-state index is -0.818. The smallest absolute Gasteiger partial charge is 0.325 e. The average Bonchev–Trinajstić information content (AvgIpc) is 3.38. The zero-order chi connectivity index (χ0) is 24.3. The van der Waals surface area contributed by atoms with Crippen LogP contribution in [0.4, 0.5) is 13.6 Å². The van der Waals surface area contributed by atoms with E-state index in [1.807, 2.05) is 6.92 Å². The van der Waals surface area contributed by atoms with Gasteiger partial charge in [0.25, 0.3) is 5.91 Å². The Bertz CT molecular complexity index is 1070. The predicted octanol–water partition coefficient (Wildman–Crippen LogP) is 4.70. The third kappa shape index (κ3) is 4.81. The molecule has 180 valence electrons. The summed E-state index contributed by atoms with van der Waals surface area (Å²) in [6.07, 6.45) is 3.51. The Balaban J connectivity index is 1.54. The van der Waals surface area contributed by atoms with Gasteiger partial charge in [-0.15, -0.1) is 0 Å². The number of nitrogens with zero attached hydrogens (tertiary/aromatic N) is 2. The van der Waals surface area contributed by atoms with Crippen LogP contribution in [-0.2, 0) is 16.1 Å². The van der Waals surface area contributed by atoms with Gasteiger partial charge in [-0.25, -0.2) is 13.6 Å². The van der Waals surface area contributed by atoms with Gasteiger partial charge in [-0.3, -0.25) is 14.5 Å². The van der Waals surface area contributed by atoms with Crippen molar-refractivity contribution >= 4 is 17.8 Å². The summed E-state index contributed by atoms with van der Waals surface area (Å²) < 4.78 is 27.3. The maximum Gasteiger partial charge on any atom is 0.325 e. The molecule has 4 amide bonds. The molecular formula is C26H29F2N3O3. The summed E-state index contributed by atoms with van der Waals surface area (Å²) in [7, 11) is 0. The number of benzene rings is 2. The lowest BCUT2D eigenvalue weighted by molar-refractivity contribution is -0.136. The molecule has 6 nitrogen and oxygen atoms in total. The second kappa shape index (κ2) is 9.91. The third-order valence-corrected chi connectivity index (χ3v) is 6.83. The van der Waals surface area contributed by atoms with Gasteiger partial charge >= 0.3 is 6.03 Å². The Hall–Kier alpha value is -3.29. The fourth-order valence-corrected chi connectivity index (χ4v) is 5.07. The fraction of sp³-hybridized carbons (Fsp3) is 0.423. The molecule has 1 aliphatic heterocycles. The van der Waals surface area contributed by atoms with Crippen molar-refractivity contribution in [1.82, 2.24) is 15.1 Å². The van der Waals surface area contributed by atoms with Crippen LogP contribution in [-0.4, -0.2) is 39.7 Å². The summed E-state index contributed by atoms with van der Waals surface area (Å²) in [5.41, 5.74) is 0.559. The van der Waals surface area contributed by atoms with Crippen molar-refractivity contribution in [3.63, 3.8) is 0 Å². The molecule has 1 N–H and O–H groups in total. The van der Waals surface area contributed by atoms with Crippen LogP contribution in [0.3, 0.4) is 0 Å². The molecule has 1 aliphatic carbocycles. The highest BCUT2D eigenvalue weighted by Crippen LogP contribution is 2.35. The summed E-state index contributed by atoms with van der Waals surface area (Å²) in [6, 6.07) is 11.2. The van der Waals surface area contributed by atoms with Crippen LogP contribution >= 0.6 is 0 Å². The highest BCUT2D eigenvalue weighted by Gasteiger charge is 2.52. The van der Waals surface area contributed by atoms with E-state index in [1.54, 1.807) is 29.2 Å². The molecule has 2 fully saturated rings. The Morgan fingerprint density at radius 2 is 1.79 bits per heavy atom. The van der Waals surface area contributed by atoms with E-state index in [0.29, 0.717) is 24.8 Å². The fourth-order valence-electron chi connectivity index (χ4n) is 5.07. The number of rotatable bonds is 8. The van der Waals surface area contributed by atoms with E-state index in [2.05, 4.69) is 5.32 Å². The molecule has 0 aromatic heterocycles. The highest BCUT2D eigenvalue weighted by atomic mass is 19.1. The van der Waals surface area contributed by atoms with Crippen LogP contribution in [0.5, 0.6) is 0 Å². The summed E-state index contributed by atoms with van der Waals surface area (Å²) in [5.74, 6) is -1.31. The van der Waals surface area contributed by atoms with Crippen LogP contribution in [0.15, 0.2) is 48.5 Å². The molecule has 2 aromatic carbocycles. The SMILES string of the molecule is CCC(c1ccc(F)cc1)N(Cc1cccc(F)c1)C(=O)CCN1C(=O)NC2(CCCC2)C1=O. The lowest BCUT2D eigenvalue weighted by Crippen LogP contribution is -2.44. The van der Waals surface area contributed by atoms with Gasteiger partial charge in [0, 0.05) is 19.5 Å². The number of amides is 4. The molecule has 34 heavy (non-hydrogen) atoms. The number of carbonyl (C=O) groups is 3. The topological polar surface area (TPSA) is 69.7 Å². The average molecular weight is 470 g/mol. The van der Waals surface area contributed by atoms with E-state index < -0.39 is 17.4 Å². The first-order valence-electron chi connectivity index (χ1n) is 11.8. The maximum atomic E-state index is 13.8. The molecule has 8 heteroatoms. The molecule has 1 spiro atoms. The van der Waals surface area contributed by atoms with Crippen LogP contribution in [0.2, 0.25) is 0 Å². The molecule has 1 saturated heterocycles. The van der Waals surface area contributed by atoms with Crippen LogP contribution in [0.25, 0.3) is 0 Å². The van der Waals surface area contributed by atoms with E-state index in [4.69, 9.17) is 0 Å². The van der Waals surface area contributed by atoms with E-state index >= 15 is 0 Å². The van der Waals surface area contributed by atoms with E-state index in [-0.39, 0.29) is 43.2 Å². The third-order valence-electron chi connectivity index (χ3n) is 6.83. The number of imide groups is 1. The van der Waals surface area contributed by atoms with Crippen molar-refractivity contribution in [3.05, 3.63) is 71.3 Å². The Labute approximate surface area is 197 Å². The normalized spacial score (nSPS) is 17.8. The standard InChI is InChI=1S/C26H29F2N3O3/c1-2-22(19-8-10-20(27)11-9-19)31(17-18-6-5-7-21(28)16-18)23(32)12-15-30-24(33)26(29-25(30)34)13-3-4-14-26/h5-11,16,22H,2-4,12-15,17H2,1H3,(H,29,34). The highest BCUT2D eigenvalue weighted by molar-refractivity contribution is 6.07. The predicted molar refractivity (Wildman–Crippen MR) is 122 cm³/mol. The molecule has 4 rings (SSSR count). The van der Waals surface area contributed by atoms with Crippen LogP contribution in [0.1, 0.15) is 62.6 Å². The Morgan fingerprint density at radius 3 is 2.44 bits per heavy atom. The first-order chi connectivity index (χ1) is 16.3. The largest absolute Gasteiger partial charge is 0.331 e. The Kier molecular flexibility index (Phi) is 6.95. The van der Waals surface area contributed by atoms with Crippen molar-refractivity contribution < 1.29 is 23.2 Å². The van der Waals surface area contributed by atoms with E-state index in [9.17, 15) is 23.2 Å². The van der Waals surface area contributed by atoms with E-state index in [1.165, 1.54) is 24.3 Å². The molecule has 1 heterocycles. The van der Waals surface area contributed by atoms with Gasteiger partial charge in [-0.1, -0.05) is 44.0 Å². The van der Waals surface area contributed by atoms with Crippen molar-refractivity contribution in [1.29, 1.82) is 0 Å². The minimum Gasteiger partial charge on any atom is -0.331 e. The van der Waals surface area contributed by atoms with Gasteiger partial charge in [0.1, 0.15) is 17.2 Å². The maximum absolute atomic E-state index is 13.8. The van der Waals surface area contributed by atoms with E-state index in [0.717, 1.165) is 23.3 Å². The summed E-state index contributed by atoms with van der Waals surface area (Å²) in [5, 5.41) is 2.83. The van der Waals surface area contributed by atoms with Crippen LogP contribution in [0, 0.1) is 11.6 Å². The summed E-state index contributed by atoms with van der Waals surface area (Å²) in [4.78, 5) is 41.6. The number of urea groups is 1. The van der Waals surface area contributed by atoms with Crippen LogP contribution < -0.4 is 5.32 Å². The van der Waals surface area contributed by atoms with Gasteiger partial charge < -0.3 is 10.2 Å². The molecule has 2 aliphatic rings. The van der Waals surface area contributed by atoms with Crippen molar-refractivity contribution in [3.8, 4) is 0 Å². The number of carbonyl (C=O) groups excluding carboxylic acids is 3. The molecular weight excluding hydrogens is 440 g/mol. The summed E-state index contributed by atoms with van der Waals surface area (Å²) in [6.45, 7) is 2.04. The lowest BCUT2D eigenvalue weighted by Gasteiger charge is -2.32. The molecule has 1 saturated carbocycles. The second-order valence-corrected chi connectivity index (χ2v) is 9.05. The van der Waals surface area contributed by atoms with Crippen molar-refractivity contribution in [2.24, 2.45) is 0 Å². The molecule has 1 unspecified atom stereocenters. The molecule has 0 radical (unpaired) electrons. The summed E-state index contributed by atoms with van der Waals surface area (Å²) >= 11 is 0. The lowest BCUT2D eigenvalue weighted by atomic mass is 9.98. The van der Waals surface area contributed by atoms with Crippen molar-refractivity contribution in [2.75, 3.05) is 6.54 Å². The number of hydrogen-bond acceptors (Lipinski definition) is 3. The molecule has 1 atom stereocenters. The first kappa shape index (κ1) is 23.9. The quantitative estimate of drug-likeness (QED) is 0.570. The van der Waals surface area contributed by atoms with Gasteiger partial charge in [0.05, 0.1) is 6.04 Å². The van der Waals surface area contributed by atoms with Gasteiger partial charge in [-0.2, -0.15) is 0 Å². The van der Waals surface area contributed by atoms with Gasteiger partial charge in [0.15, 0.2) is 0 Å².